The average molecular weight is 254 g/mol. The van der Waals surface area contributed by atoms with Gasteiger partial charge in [0.1, 0.15) is 17.1 Å². The van der Waals surface area contributed by atoms with Gasteiger partial charge in [-0.25, -0.2) is 9.59 Å². The molecule has 0 aliphatic carbocycles. The topological polar surface area (TPSA) is 71.1 Å². The summed E-state index contributed by atoms with van der Waals surface area (Å²) in [5, 5.41) is 0. The van der Waals surface area contributed by atoms with Crippen LogP contribution in [0.5, 0.6) is 11.5 Å². The number of esters is 2. The first kappa shape index (κ1) is 13.8. The lowest BCUT2D eigenvalue weighted by molar-refractivity contribution is -0.142. The highest BCUT2D eigenvalue weighted by Crippen LogP contribution is 2.24. The van der Waals surface area contributed by atoms with Gasteiger partial charge in [0, 0.05) is 0 Å². The van der Waals surface area contributed by atoms with Crippen LogP contribution in [0.2, 0.25) is 0 Å². The zero-order chi connectivity index (χ0) is 13.5. The molecular weight excluding hydrogens is 240 g/mol. The molecule has 18 heavy (non-hydrogen) atoms. The molecule has 0 bridgehead atoms. The highest BCUT2D eigenvalue weighted by Gasteiger charge is 2.15. The Morgan fingerprint density at radius 1 is 1.11 bits per heavy atom. The molecular formula is C12H14O6. The number of hydrogen-bond donors (Lipinski definition) is 0. The normalized spacial score (nSPS) is 9.50. The molecule has 98 valence electrons. The second-order valence-corrected chi connectivity index (χ2v) is 3.22. The van der Waals surface area contributed by atoms with Crippen LogP contribution >= 0.6 is 0 Å². The van der Waals surface area contributed by atoms with Gasteiger partial charge in [0.2, 0.25) is 0 Å². The van der Waals surface area contributed by atoms with Crippen molar-refractivity contribution in [3.05, 3.63) is 23.8 Å². The van der Waals surface area contributed by atoms with E-state index in [-0.39, 0.29) is 17.9 Å². The number of rotatable bonds is 5. The zero-order valence-electron chi connectivity index (χ0n) is 10.4. The predicted molar refractivity (Wildman–Crippen MR) is 61.8 cm³/mol. The van der Waals surface area contributed by atoms with Crippen LogP contribution in [0.4, 0.5) is 0 Å². The number of benzene rings is 1. The fraction of sp³-hybridized carbons (Fsp3) is 0.333. The molecule has 1 rings (SSSR count). The van der Waals surface area contributed by atoms with Crippen LogP contribution < -0.4 is 9.47 Å². The Kier molecular flexibility index (Phi) is 4.98. The van der Waals surface area contributed by atoms with E-state index < -0.39 is 11.9 Å². The quantitative estimate of drug-likeness (QED) is 0.731. The molecule has 0 N–H and O–H groups in total. The van der Waals surface area contributed by atoms with Gasteiger partial charge in [-0.3, -0.25) is 0 Å². The lowest BCUT2D eigenvalue weighted by Crippen LogP contribution is -2.14. The van der Waals surface area contributed by atoms with E-state index in [1.165, 1.54) is 33.5 Å². The molecule has 0 saturated carbocycles. The van der Waals surface area contributed by atoms with Crippen LogP contribution in [0.25, 0.3) is 0 Å². The molecule has 0 fully saturated rings. The van der Waals surface area contributed by atoms with Gasteiger partial charge in [-0.05, 0) is 18.2 Å². The third-order valence-electron chi connectivity index (χ3n) is 2.17. The van der Waals surface area contributed by atoms with Crippen LogP contribution in [0.3, 0.4) is 0 Å². The molecule has 0 spiro atoms. The summed E-state index contributed by atoms with van der Waals surface area (Å²) in [4.78, 5) is 22.5. The van der Waals surface area contributed by atoms with E-state index in [1.807, 2.05) is 0 Å². The molecule has 0 heterocycles. The SMILES string of the molecule is COC(=O)COc1ccc(OC)cc1C(=O)OC. The van der Waals surface area contributed by atoms with E-state index >= 15 is 0 Å². The van der Waals surface area contributed by atoms with E-state index in [9.17, 15) is 9.59 Å². The highest BCUT2D eigenvalue weighted by molar-refractivity contribution is 5.93. The third kappa shape index (κ3) is 3.38. The maximum absolute atomic E-state index is 11.5. The summed E-state index contributed by atoms with van der Waals surface area (Å²) in [6.45, 7) is -0.285. The summed E-state index contributed by atoms with van der Waals surface area (Å²) in [6, 6.07) is 4.60. The summed E-state index contributed by atoms with van der Waals surface area (Å²) in [5.74, 6) is -0.399. The monoisotopic (exact) mass is 254 g/mol. The van der Waals surface area contributed by atoms with Crippen molar-refractivity contribution in [2.24, 2.45) is 0 Å². The second kappa shape index (κ2) is 6.48. The minimum atomic E-state index is -0.575. The second-order valence-electron chi connectivity index (χ2n) is 3.22. The van der Waals surface area contributed by atoms with Crippen molar-refractivity contribution in [3.63, 3.8) is 0 Å². The molecule has 0 aliphatic heterocycles. The van der Waals surface area contributed by atoms with Crippen LogP contribution in [0.15, 0.2) is 18.2 Å². The summed E-state index contributed by atoms with van der Waals surface area (Å²) in [5.41, 5.74) is 0.181. The van der Waals surface area contributed by atoms with Gasteiger partial charge in [0.25, 0.3) is 0 Å². The number of methoxy groups -OCH3 is 3. The standard InChI is InChI=1S/C12H14O6/c1-15-8-4-5-10(18-7-11(13)16-2)9(6-8)12(14)17-3/h4-6H,7H2,1-3H3. The first-order chi connectivity index (χ1) is 8.62. The first-order valence-corrected chi connectivity index (χ1v) is 5.08. The summed E-state index contributed by atoms with van der Waals surface area (Å²) in [6.07, 6.45) is 0. The highest BCUT2D eigenvalue weighted by atomic mass is 16.6. The van der Waals surface area contributed by atoms with E-state index in [2.05, 4.69) is 9.47 Å². The molecule has 0 unspecified atom stereocenters. The average Bonchev–Trinajstić information content (AvgIpc) is 2.43. The van der Waals surface area contributed by atoms with Crippen molar-refractivity contribution >= 4 is 11.9 Å². The minimum absolute atomic E-state index is 0.181. The van der Waals surface area contributed by atoms with Crippen molar-refractivity contribution < 1.29 is 28.5 Å². The number of hydrogen-bond acceptors (Lipinski definition) is 6. The van der Waals surface area contributed by atoms with Crippen molar-refractivity contribution in [2.45, 2.75) is 0 Å². The largest absolute Gasteiger partial charge is 0.497 e. The smallest absolute Gasteiger partial charge is 0.343 e. The molecule has 1 aromatic carbocycles. The van der Waals surface area contributed by atoms with Crippen molar-refractivity contribution in [1.82, 2.24) is 0 Å². The fourth-order valence-electron chi connectivity index (χ4n) is 1.23. The Bertz CT molecular complexity index is 440. The maximum Gasteiger partial charge on any atom is 0.343 e. The maximum atomic E-state index is 11.5. The van der Waals surface area contributed by atoms with Gasteiger partial charge in [-0.1, -0.05) is 0 Å². The van der Waals surface area contributed by atoms with Crippen LogP contribution in [0, 0.1) is 0 Å². The van der Waals surface area contributed by atoms with Gasteiger partial charge in [-0.2, -0.15) is 0 Å². The molecule has 0 atom stereocenters. The summed E-state index contributed by atoms with van der Waals surface area (Å²) in [7, 11) is 3.98. The van der Waals surface area contributed by atoms with Gasteiger partial charge < -0.3 is 18.9 Å². The van der Waals surface area contributed by atoms with E-state index in [4.69, 9.17) is 9.47 Å². The minimum Gasteiger partial charge on any atom is -0.497 e. The van der Waals surface area contributed by atoms with E-state index in [1.54, 1.807) is 6.07 Å². The number of carbonyl (C=O) groups excluding carboxylic acids is 2. The molecule has 0 radical (unpaired) electrons. The lowest BCUT2D eigenvalue weighted by atomic mass is 10.2. The molecule has 0 aliphatic rings. The van der Waals surface area contributed by atoms with E-state index in [0.717, 1.165) is 0 Å². The molecule has 0 amide bonds. The molecule has 0 saturated heterocycles. The van der Waals surface area contributed by atoms with Crippen LogP contribution in [-0.4, -0.2) is 39.9 Å². The summed E-state index contributed by atoms with van der Waals surface area (Å²) >= 11 is 0. The Morgan fingerprint density at radius 2 is 1.83 bits per heavy atom. The van der Waals surface area contributed by atoms with Crippen LogP contribution in [0.1, 0.15) is 10.4 Å². The Morgan fingerprint density at radius 3 is 2.39 bits per heavy atom. The molecule has 1 aromatic rings. The Labute approximate surface area is 104 Å². The van der Waals surface area contributed by atoms with Crippen molar-refractivity contribution in [3.8, 4) is 11.5 Å². The van der Waals surface area contributed by atoms with Crippen LogP contribution in [-0.2, 0) is 14.3 Å². The molecule has 0 aromatic heterocycles. The fourth-order valence-corrected chi connectivity index (χ4v) is 1.23. The van der Waals surface area contributed by atoms with Crippen molar-refractivity contribution in [2.75, 3.05) is 27.9 Å². The van der Waals surface area contributed by atoms with Gasteiger partial charge >= 0.3 is 11.9 Å². The lowest BCUT2D eigenvalue weighted by Gasteiger charge is -2.10. The third-order valence-corrected chi connectivity index (χ3v) is 2.17. The molecule has 6 heteroatoms. The van der Waals surface area contributed by atoms with Gasteiger partial charge in [0.05, 0.1) is 21.3 Å². The van der Waals surface area contributed by atoms with Gasteiger partial charge in [-0.15, -0.1) is 0 Å². The predicted octanol–water partition coefficient (Wildman–Crippen LogP) is 1.03. The summed E-state index contributed by atoms with van der Waals surface area (Å²) < 4.78 is 19.2. The van der Waals surface area contributed by atoms with Gasteiger partial charge in [0.15, 0.2) is 6.61 Å². The Hall–Kier alpha value is -2.24. The van der Waals surface area contributed by atoms with E-state index in [0.29, 0.717) is 5.75 Å². The Balaban J connectivity index is 2.95. The number of ether oxygens (including phenoxy) is 4. The zero-order valence-corrected chi connectivity index (χ0v) is 10.4. The molecule has 6 nitrogen and oxygen atoms in total. The van der Waals surface area contributed by atoms with Crippen molar-refractivity contribution in [1.29, 1.82) is 0 Å². The first-order valence-electron chi connectivity index (χ1n) is 5.08. The number of carbonyl (C=O) groups is 2.